The Labute approximate surface area is 176 Å². The van der Waals surface area contributed by atoms with Crippen molar-refractivity contribution in [2.45, 2.75) is 20.8 Å². The van der Waals surface area contributed by atoms with Crippen LogP contribution in [0.3, 0.4) is 0 Å². The van der Waals surface area contributed by atoms with Crippen LogP contribution in [0, 0.1) is 6.92 Å². The van der Waals surface area contributed by atoms with Gasteiger partial charge in [-0.15, -0.1) is 10.2 Å². The summed E-state index contributed by atoms with van der Waals surface area (Å²) in [5, 5.41) is 8.22. The topological polar surface area (TPSA) is 79.5 Å². The molecular weight excluding hydrogens is 380 g/mol. The number of aromatic nitrogens is 2. The van der Waals surface area contributed by atoms with Crippen LogP contribution in [-0.2, 0) is 4.79 Å². The number of benzene rings is 2. The lowest BCUT2D eigenvalue weighted by Gasteiger charge is -2.23. The molecule has 1 heterocycles. The lowest BCUT2D eigenvalue weighted by molar-refractivity contribution is -0.131. The first kappa shape index (κ1) is 21.2. The fourth-order valence-electron chi connectivity index (χ4n) is 3.08. The molecule has 0 aliphatic heterocycles. The Bertz CT molecular complexity index is 1010. The second kappa shape index (κ2) is 9.35. The molecule has 0 saturated heterocycles. The molecule has 7 nitrogen and oxygen atoms in total. The van der Waals surface area contributed by atoms with E-state index in [1.807, 2.05) is 45.0 Å². The van der Waals surface area contributed by atoms with Gasteiger partial charge in [0.15, 0.2) is 0 Å². The minimum absolute atomic E-state index is 0.0475. The summed E-state index contributed by atoms with van der Waals surface area (Å²) in [7, 11) is 1.63. The number of likely N-dealkylation sites (N-methyl/N-ethyl adjacent to an activating group) is 2. The Hall–Kier alpha value is -3.48. The molecule has 0 fully saturated rings. The van der Waals surface area contributed by atoms with E-state index in [0.717, 1.165) is 16.7 Å². The number of hydrogen-bond acceptors (Lipinski definition) is 5. The quantitative estimate of drug-likeness (QED) is 0.598. The number of amides is 2. The molecule has 0 atom stereocenters. The molecule has 30 heavy (non-hydrogen) atoms. The van der Waals surface area contributed by atoms with Crippen molar-refractivity contribution in [2.75, 3.05) is 26.7 Å². The molecule has 0 aliphatic carbocycles. The van der Waals surface area contributed by atoms with Crippen molar-refractivity contribution < 1.29 is 14.0 Å². The Morgan fingerprint density at radius 2 is 1.37 bits per heavy atom. The fourth-order valence-corrected chi connectivity index (χ4v) is 3.08. The number of carbonyl (C=O) groups is 2. The molecule has 3 rings (SSSR count). The Kier molecular flexibility index (Phi) is 6.61. The van der Waals surface area contributed by atoms with E-state index >= 15 is 0 Å². The van der Waals surface area contributed by atoms with Crippen LogP contribution in [0.2, 0.25) is 0 Å². The van der Waals surface area contributed by atoms with E-state index in [4.69, 9.17) is 4.42 Å². The average Bonchev–Trinajstić information content (AvgIpc) is 3.25. The second-order valence-corrected chi connectivity index (χ2v) is 7.08. The Morgan fingerprint density at radius 1 is 0.867 bits per heavy atom. The molecule has 0 unspecified atom stereocenters. The predicted molar refractivity (Wildman–Crippen MR) is 115 cm³/mol. The maximum atomic E-state index is 12.6. The van der Waals surface area contributed by atoms with Crippen molar-refractivity contribution in [2.24, 2.45) is 0 Å². The summed E-state index contributed by atoms with van der Waals surface area (Å²) in [6, 6.07) is 14.8. The summed E-state index contributed by atoms with van der Waals surface area (Å²) in [5.74, 6) is 0.546. The van der Waals surface area contributed by atoms with E-state index in [0.29, 0.717) is 30.4 Å². The van der Waals surface area contributed by atoms with Crippen molar-refractivity contribution in [1.82, 2.24) is 20.0 Å². The molecule has 2 amide bonds. The third-order valence-corrected chi connectivity index (χ3v) is 4.94. The lowest BCUT2D eigenvalue weighted by Crippen LogP contribution is -2.41. The number of hydrogen-bond donors (Lipinski definition) is 0. The summed E-state index contributed by atoms with van der Waals surface area (Å²) < 4.78 is 5.78. The van der Waals surface area contributed by atoms with Crippen molar-refractivity contribution >= 4 is 11.8 Å². The highest BCUT2D eigenvalue weighted by Gasteiger charge is 2.18. The van der Waals surface area contributed by atoms with Crippen LogP contribution in [0.5, 0.6) is 0 Å². The smallest absolute Gasteiger partial charge is 0.254 e. The van der Waals surface area contributed by atoms with Gasteiger partial charge in [-0.25, -0.2) is 0 Å². The minimum atomic E-state index is -0.215. The van der Waals surface area contributed by atoms with E-state index in [-0.39, 0.29) is 18.4 Å². The van der Waals surface area contributed by atoms with E-state index < -0.39 is 0 Å². The summed E-state index contributed by atoms with van der Waals surface area (Å²) in [6.45, 7) is 7.16. The van der Waals surface area contributed by atoms with Crippen LogP contribution in [0.4, 0.5) is 0 Å². The molecule has 0 radical (unpaired) electrons. The number of nitrogens with zero attached hydrogens (tertiary/aromatic N) is 4. The molecule has 2 aromatic carbocycles. The SMILES string of the molecule is CCN(CC)C(=O)CN(C)C(=O)c1ccc(-c2nnc(-c3ccc(C)cc3)o2)cc1. The number of rotatable bonds is 7. The molecule has 0 bridgehead atoms. The molecule has 156 valence electrons. The zero-order valence-electron chi connectivity index (χ0n) is 17.8. The monoisotopic (exact) mass is 406 g/mol. The fraction of sp³-hybridized carbons (Fsp3) is 0.304. The highest BCUT2D eigenvalue weighted by atomic mass is 16.4. The lowest BCUT2D eigenvalue weighted by atomic mass is 10.1. The zero-order chi connectivity index (χ0) is 21.7. The molecule has 3 aromatic rings. The van der Waals surface area contributed by atoms with Gasteiger partial charge in [-0.1, -0.05) is 17.7 Å². The van der Waals surface area contributed by atoms with Crippen molar-refractivity contribution in [3.8, 4) is 22.9 Å². The largest absolute Gasteiger partial charge is 0.416 e. The third-order valence-electron chi connectivity index (χ3n) is 4.94. The minimum Gasteiger partial charge on any atom is -0.416 e. The first-order valence-electron chi connectivity index (χ1n) is 9.97. The number of aryl methyl sites for hydroxylation is 1. The van der Waals surface area contributed by atoms with Crippen molar-refractivity contribution in [3.05, 3.63) is 59.7 Å². The zero-order valence-corrected chi connectivity index (χ0v) is 17.8. The second-order valence-electron chi connectivity index (χ2n) is 7.08. The van der Waals surface area contributed by atoms with Gasteiger partial charge >= 0.3 is 0 Å². The van der Waals surface area contributed by atoms with Gasteiger partial charge in [-0.2, -0.15) is 0 Å². The summed E-state index contributed by atoms with van der Waals surface area (Å²) >= 11 is 0. The van der Waals surface area contributed by atoms with E-state index in [1.165, 1.54) is 4.90 Å². The maximum Gasteiger partial charge on any atom is 0.254 e. The van der Waals surface area contributed by atoms with Crippen LogP contribution in [0.1, 0.15) is 29.8 Å². The Balaban J connectivity index is 1.69. The molecule has 0 spiro atoms. The van der Waals surface area contributed by atoms with Gasteiger partial charge in [-0.3, -0.25) is 9.59 Å². The molecule has 1 aromatic heterocycles. The molecule has 0 aliphatic rings. The Morgan fingerprint density at radius 3 is 1.87 bits per heavy atom. The van der Waals surface area contributed by atoms with Gasteiger partial charge in [0.25, 0.3) is 5.91 Å². The summed E-state index contributed by atoms with van der Waals surface area (Å²) in [5.41, 5.74) is 3.22. The van der Waals surface area contributed by atoms with Crippen LogP contribution in [0.25, 0.3) is 22.9 Å². The maximum absolute atomic E-state index is 12.6. The van der Waals surface area contributed by atoms with E-state index in [2.05, 4.69) is 10.2 Å². The average molecular weight is 406 g/mol. The van der Waals surface area contributed by atoms with Gasteiger partial charge in [0.05, 0.1) is 6.54 Å². The summed E-state index contributed by atoms with van der Waals surface area (Å²) in [6.07, 6.45) is 0. The first-order valence-corrected chi connectivity index (χ1v) is 9.97. The third kappa shape index (κ3) is 4.74. The van der Waals surface area contributed by atoms with Crippen LogP contribution >= 0.6 is 0 Å². The van der Waals surface area contributed by atoms with Crippen molar-refractivity contribution in [1.29, 1.82) is 0 Å². The molecule has 0 N–H and O–H groups in total. The van der Waals surface area contributed by atoms with Crippen molar-refractivity contribution in [3.63, 3.8) is 0 Å². The highest BCUT2D eigenvalue weighted by molar-refractivity contribution is 5.96. The van der Waals surface area contributed by atoms with Gasteiger partial charge in [0, 0.05) is 36.8 Å². The first-order chi connectivity index (χ1) is 14.4. The molecule has 0 saturated carbocycles. The standard InChI is InChI=1S/C23H26N4O3/c1-5-27(6-2)20(28)15-26(4)23(29)19-13-11-18(12-14-19)22-25-24-21(30-22)17-9-7-16(3)8-10-17/h7-14H,5-6,15H2,1-4H3. The predicted octanol–water partition coefficient (Wildman–Crippen LogP) is 3.65. The van der Waals surface area contributed by atoms with Crippen LogP contribution in [-0.4, -0.2) is 58.5 Å². The summed E-state index contributed by atoms with van der Waals surface area (Å²) in [4.78, 5) is 28.0. The van der Waals surface area contributed by atoms with E-state index in [1.54, 1.807) is 36.2 Å². The number of carbonyl (C=O) groups excluding carboxylic acids is 2. The normalized spacial score (nSPS) is 10.7. The van der Waals surface area contributed by atoms with Crippen LogP contribution in [0.15, 0.2) is 52.9 Å². The van der Waals surface area contributed by atoms with Gasteiger partial charge in [0.2, 0.25) is 17.7 Å². The van der Waals surface area contributed by atoms with Gasteiger partial charge < -0.3 is 14.2 Å². The van der Waals surface area contributed by atoms with E-state index in [9.17, 15) is 9.59 Å². The van der Waals surface area contributed by atoms with Gasteiger partial charge in [-0.05, 0) is 57.2 Å². The highest BCUT2D eigenvalue weighted by Crippen LogP contribution is 2.24. The van der Waals surface area contributed by atoms with Gasteiger partial charge in [0.1, 0.15) is 0 Å². The molecule has 7 heteroatoms. The van der Waals surface area contributed by atoms with Crippen LogP contribution < -0.4 is 0 Å². The molecular formula is C23H26N4O3.